The minimum absolute atomic E-state index is 0.438. The van der Waals surface area contributed by atoms with E-state index in [1.165, 1.54) is 17.4 Å². The summed E-state index contributed by atoms with van der Waals surface area (Å²) in [6.45, 7) is 0. The molecule has 0 aliphatic rings. The molecule has 0 aliphatic heterocycles. The number of thiazole rings is 1. The summed E-state index contributed by atoms with van der Waals surface area (Å²) in [5.41, 5.74) is 3.11. The van der Waals surface area contributed by atoms with Gasteiger partial charge in [-0.25, -0.2) is 9.78 Å². The van der Waals surface area contributed by atoms with Crippen molar-refractivity contribution in [3.63, 3.8) is 0 Å². The van der Waals surface area contributed by atoms with Crippen molar-refractivity contribution in [1.29, 1.82) is 5.26 Å². The number of hydrogen-bond donors (Lipinski definition) is 0. The number of nitrogens with zero attached hydrogens (tertiary/aromatic N) is 2. The van der Waals surface area contributed by atoms with E-state index < -0.39 is 5.97 Å². The Kier molecular flexibility index (Phi) is 6.48. The molecule has 4 nitrogen and oxygen atoms in total. The monoisotopic (exact) mass is 440 g/mol. The van der Waals surface area contributed by atoms with Gasteiger partial charge in [0.05, 0.1) is 16.1 Å². The molecule has 0 aliphatic carbocycles. The predicted molar refractivity (Wildman–Crippen MR) is 126 cm³/mol. The molecule has 0 atom stereocenters. The van der Waals surface area contributed by atoms with E-state index in [1.807, 2.05) is 53.2 Å². The zero-order valence-electron chi connectivity index (χ0n) is 16.3. The van der Waals surface area contributed by atoms with E-state index in [4.69, 9.17) is 4.74 Å². The van der Waals surface area contributed by atoms with Gasteiger partial charge in [0.2, 0.25) is 0 Å². The quantitative estimate of drug-likeness (QED) is 0.147. The number of nitriles is 1. The van der Waals surface area contributed by atoms with Crippen LogP contribution in [0.25, 0.3) is 28.3 Å². The zero-order chi connectivity index (χ0) is 21.5. The third kappa shape index (κ3) is 5.43. The number of allylic oxidation sites excluding steroid dienone is 1. The minimum atomic E-state index is -0.450. The Labute approximate surface area is 188 Å². The molecule has 0 saturated carbocycles. The van der Waals surface area contributed by atoms with Crippen molar-refractivity contribution in [3.8, 4) is 22.4 Å². The van der Waals surface area contributed by atoms with E-state index in [-0.39, 0.29) is 0 Å². The van der Waals surface area contributed by atoms with Crippen LogP contribution >= 0.6 is 22.7 Å². The van der Waals surface area contributed by atoms with Gasteiger partial charge in [-0.1, -0.05) is 48.5 Å². The molecular formula is C25H16N2O2S2. The maximum absolute atomic E-state index is 12.0. The van der Waals surface area contributed by atoms with Crippen molar-refractivity contribution < 1.29 is 9.53 Å². The van der Waals surface area contributed by atoms with Gasteiger partial charge in [0.15, 0.2) is 0 Å². The van der Waals surface area contributed by atoms with E-state index in [9.17, 15) is 10.1 Å². The lowest BCUT2D eigenvalue weighted by Crippen LogP contribution is -2.03. The summed E-state index contributed by atoms with van der Waals surface area (Å²) >= 11 is 3.06. The van der Waals surface area contributed by atoms with Crippen molar-refractivity contribution in [2.75, 3.05) is 0 Å². The number of ether oxygens (including phenoxy) is 1. The van der Waals surface area contributed by atoms with Gasteiger partial charge in [-0.15, -0.1) is 22.7 Å². The first kappa shape index (κ1) is 20.5. The van der Waals surface area contributed by atoms with E-state index in [0.717, 1.165) is 21.7 Å². The van der Waals surface area contributed by atoms with E-state index in [1.54, 1.807) is 47.8 Å². The lowest BCUT2D eigenvalue weighted by molar-refractivity contribution is -0.128. The molecule has 2 aromatic carbocycles. The molecule has 0 amide bonds. The number of benzene rings is 2. The van der Waals surface area contributed by atoms with Crippen LogP contribution in [0, 0.1) is 11.3 Å². The Bertz CT molecular complexity index is 1260. The normalized spacial score (nSPS) is 11.4. The number of carbonyl (C=O) groups excluding carboxylic acids is 1. The average Bonchev–Trinajstić information content (AvgIpc) is 3.50. The smallest absolute Gasteiger partial charge is 0.336 e. The number of thiophene rings is 1. The average molecular weight is 441 g/mol. The Hall–Kier alpha value is -3.79. The second kappa shape index (κ2) is 9.81. The fourth-order valence-corrected chi connectivity index (χ4v) is 4.30. The fourth-order valence-electron chi connectivity index (χ4n) is 2.75. The highest BCUT2D eigenvalue weighted by atomic mass is 32.1. The second-order valence-electron chi connectivity index (χ2n) is 6.42. The Morgan fingerprint density at radius 2 is 1.77 bits per heavy atom. The Morgan fingerprint density at radius 3 is 2.48 bits per heavy atom. The van der Waals surface area contributed by atoms with Gasteiger partial charge in [0, 0.05) is 11.5 Å². The first-order valence-electron chi connectivity index (χ1n) is 9.38. The van der Waals surface area contributed by atoms with Gasteiger partial charge in [0.25, 0.3) is 0 Å². The third-order valence-corrected chi connectivity index (χ3v) is 6.02. The molecule has 0 saturated heterocycles. The molecule has 0 unspecified atom stereocenters. The van der Waals surface area contributed by atoms with Crippen molar-refractivity contribution in [1.82, 2.24) is 4.98 Å². The minimum Gasteiger partial charge on any atom is -0.423 e. The number of carbonyl (C=O) groups is 1. The molecule has 0 spiro atoms. The fraction of sp³-hybridized carbons (Fsp3) is 0. The molecule has 0 bridgehead atoms. The van der Waals surface area contributed by atoms with E-state index in [2.05, 4.69) is 11.1 Å². The summed E-state index contributed by atoms with van der Waals surface area (Å²) in [5, 5.41) is 14.2. The lowest BCUT2D eigenvalue weighted by Gasteiger charge is -2.02. The number of aromatic nitrogens is 1. The molecule has 0 radical (unpaired) electrons. The summed E-state index contributed by atoms with van der Waals surface area (Å²) in [7, 11) is 0. The van der Waals surface area contributed by atoms with Crippen molar-refractivity contribution in [2.45, 2.75) is 0 Å². The van der Waals surface area contributed by atoms with E-state index in [0.29, 0.717) is 16.3 Å². The molecular weight excluding hydrogens is 424 g/mol. The Morgan fingerprint density at radius 1 is 0.968 bits per heavy atom. The van der Waals surface area contributed by atoms with Crippen molar-refractivity contribution >= 4 is 46.4 Å². The number of rotatable bonds is 6. The van der Waals surface area contributed by atoms with Gasteiger partial charge in [0.1, 0.15) is 16.8 Å². The van der Waals surface area contributed by atoms with Crippen LogP contribution in [0.15, 0.2) is 83.6 Å². The zero-order valence-corrected chi connectivity index (χ0v) is 17.9. The SMILES string of the molecule is N#C/C(=C\c1ccc(OC(=O)/C=C/c2ccccc2)cc1)c1nc(-c2cccs2)cs1. The number of hydrogen-bond acceptors (Lipinski definition) is 6. The molecule has 4 rings (SSSR count). The predicted octanol–water partition coefficient (Wildman–Crippen LogP) is 6.55. The van der Waals surface area contributed by atoms with Crippen LogP contribution in [-0.2, 0) is 4.79 Å². The summed E-state index contributed by atoms with van der Waals surface area (Å²) < 4.78 is 5.33. The molecule has 6 heteroatoms. The van der Waals surface area contributed by atoms with Crippen molar-refractivity contribution in [3.05, 3.63) is 99.7 Å². The Balaban J connectivity index is 1.43. The maximum atomic E-state index is 12.0. The topological polar surface area (TPSA) is 63.0 Å². The van der Waals surface area contributed by atoms with Crippen LogP contribution in [0.5, 0.6) is 5.75 Å². The van der Waals surface area contributed by atoms with Crippen LogP contribution in [0.4, 0.5) is 0 Å². The summed E-state index contributed by atoms with van der Waals surface area (Å²) in [4.78, 5) is 17.7. The molecule has 0 fully saturated rings. The lowest BCUT2D eigenvalue weighted by atomic mass is 10.1. The second-order valence-corrected chi connectivity index (χ2v) is 8.22. The van der Waals surface area contributed by atoms with E-state index >= 15 is 0 Å². The third-order valence-electron chi connectivity index (χ3n) is 4.25. The van der Waals surface area contributed by atoms with Crippen LogP contribution in [-0.4, -0.2) is 11.0 Å². The summed E-state index contributed by atoms with van der Waals surface area (Å²) in [6.07, 6.45) is 4.87. The molecule has 31 heavy (non-hydrogen) atoms. The van der Waals surface area contributed by atoms with Gasteiger partial charge < -0.3 is 4.74 Å². The highest BCUT2D eigenvalue weighted by Gasteiger charge is 2.10. The molecule has 2 aromatic heterocycles. The standard InChI is InChI=1S/C25H16N2O2S2/c26-16-20(25-27-22(17-31-25)23-7-4-14-30-23)15-19-8-11-21(12-9-19)29-24(28)13-10-18-5-2-1-3-6-18/h1-15,17H/b13-10+,20-15+. The molecule has 0 N–H and O–H groups in total. The van der Waals surface area contributed by atoms with Crippen LogP contribution in [0.1, 0.15) is 16.1 Å². The van der Waals surface area contributed by atoms with Gasteiger partial charge >= 0.3 is 5.97 Å². The molecule has 4 aromatic rings. The molecule has 2 heterocycles. The highest BCUT2D eigenvalue weighted by Crippen LogP contribution is 2.29. The first-order chi connectivity index (χ1) is 15.2. The largest absolute Gasteiger partial charge is 0.423 e. The van der Waals surface area contributed by atoms with Gasteiger partial charge in [-0.3, -0.25) is 0 Å². The van der Waals surface area contributed by atoms with Crippen LogP contribution in [0.3, 0.4) is 0 Å². The summed E-state index contributed by atoms with van der Waals surface area (Å²) in [5.74, 6) is -0.0126. The van der Waals surface area contributed by atoms with Gasteiger partial charge in [-0.2, -0.15) is 5.26 Å². The number of esters is 1. The van der Waals surface area contributed by atoms with Crippen molar-refractivity contribution in [2.24, 2.45) is 0 Å². The van der Waals surface area contributed by atoms with Crippen LogP contribution in [0.2, 0.25) is 0 Å². The van der Waals surface area contributed by atoms with Gasteiger partial charge in [-0.05, 0) is 46.9 Å². The molecule has 150 valence electrons. The summed E-state index contributed by atoms with van der Waals surface area (Å²) in [6, 6.07) is 22.8. The first-order valence-corrected chi connectivity index (χ1v) is 11.1. The highest BCUT2D eigenvalue weighted by molar-refractivity contribution is 7.14. The maximum Gasteiger partial charge on any atom is 0.336 e. The van der Waals surface area contributed by atoms with Crippen LogP contribution < -0.4 is 4.74 Å².